The molecule has 194 valence electrons. The van der Waals surface area contributed by atoms with Gasteiger partial charge in [0.1, 0.15) is 22.8 Å². The Morgan fingerprint density at radius 2 is 2.00 bits per heavy atom. The van der Waals surface area contributed by atoms with Crippen molar-refractivity contribution in [1.29, 1.82) is 5.26 Å². The zero-order valence-corrected chi connectivity index (χ0v) is 20.7. The standard InChI is InChI=1S/C25H19ClF2N6O4/c1-37-23-22-20(8-21(31-23)32-5-4-14(9-29)12-32)33(15-2-3-19(28)18(26)7-15)25(36)34(24(22)35)16-6-17(38-13-27)11-30-10-16/h2-3,6-8,10-11,14H,4-5,12-13H2,1H3/t14-/m0/s1. The minimum absolute atomic E-state index is 0.00246. The summed E-state index contributed by atoms with van der Waals surface area (Å²) in [5, 5.41) is 9.03. The third-order valence-electron chi connectivity index (χ3n) is 6.22. The average Bonchev–Trinajstić information content (AvgIpc) is 3.40. The maximum absolute atomic E-state index is 14.0. The van der Waals surface area contributed by atoms with E-state index in [0.29, 0.717) is 25.3 Å². The van der Waals surface area contributed by atoms with Crippen molar-refractivity contribution in [1.82, 2.24) is 19.1 Å². The Hall–Kier alpha value is -4.50. The highest BCUT2D eigenvalue weighted by atomic mass is 35.5. The zero-order valence-electron chi connectivity index (χ0n) is 19.9. The molecule has 0 radical (unpaired) electrons. The largest absolute Gasteiger partial charge is 0.480 e. The molecule has 1 aliphatic heterocycles. The molecule has 10 nitrogen and oxygen atoms in total. The van der Waals surface area contributed by atoms with Crippen LogP contribution in [0.2, 0.25) is 5.02 Å². The Morgan fingerprint density at radius 3 is 2.68 bits per heavy atom. The Labute approximate surface area is 218 Å². The summed E-state index contributed by atoms with van der Waals surface area (Å²) in [6, 6.07) is 8.75. The summed E-state index contributed by atoms with van der Waals surface area (Å²) < 4.78 is 39.1. The highest BCUT2D eigenvalue weighted by Gasteiger charge is 2.27. The molecule has 4 aromatic rings. The molecule has 13 heteroatoms. The number of methoxy groups -OCH3 is 1. The maximum atomic E-state index is 14.0. The van der Waals surface area contributed by atoms with Crippen LogP contribution in [0.5, 0.6) is 11.6 Å². The van der Waals surface area contributed by atoms with E-state index in [-0.39, 0.29) is 44.8 Å². The van der Waals surface area contributed by atoms with E-state index in [0.717, 1.165) is 10.6 Å². The van der Waals surface area contributed by atoms with Gasteiger partial charge >= 0.3 is 5.69 Å². The summed E-state index contributed by atoms with van der Waals surface area (Å²) in [6.07, 6.45) is 3.10. The summed E-state index contributed by atoms with van der Waals surface area (Å²) in [5.41, 5.74) is -1.32. The summed E-state index contributed by atoms with van der Waals surface area (Å²) in [4.78, 5) is 38.0. The van der Waals surface area contributed by atoms with Gasteiger partial charge in [0.05, 0.1) is 53.4 Å². The van der Waals surface area contributed by atoms with E-state index in [1.54, 1.807) is 6.07 Å². The van der Waals surface area contributed by atoms with Crippen molar-refractivity contribution in [3.05, 3.63) is 74.4 Å². The molecule has 0 N–H and O–H groups in total. The number of hydrogen-bond acceptors (Lipinski definition) is 8. The predicted molar refractivity (Wildman–Crippen MR) is 135 cm³/mol. The van der Waals surface area contributed by atoms with E-state index in [2.05, 4.69) is 16.0 Å². The first-order valence-electron chi connectivity index (χ1n) is 11.4. The van der Waals surface area contributed by atoms with Gasteiger partial charge in [-0.1, -0.05) is 11.6 Å². The Balaban J connectivity index is 1.87. The molecule has 3 aromatic heterocycles. The van der Waals surface area contributed by atoms with Crippen molar-refractivity contribution in [3.8, 4) is 29.1 Å². The first kappa shape index (κ1) is 25.2. The number of nitrogens with zero attached hydrogens (tertiary/aromatic N) is 6. The van der Waals surface area contributed by atoms with Gasteiger partial charge < -0.3 is 14.4 Å². The second-order valence-corrected chi connectivity index (χ2v) is 8.84. The number of ether oxygens (including phenoxy) is 2. The SMILES string of the molecule is COc1nc(N2CC[C@@H](C#N)C2)cc2c1c(=O)n(-c1cncc(OCF)c1)c(=O)n2-c1ccc(F)c(Cl)c1. The number of anilines is 1. The number of halogens is 3. The molecule has 0 aliphatic carbocycles. The van der Waals surface area contributed by atoms with Crippen LogP contribution >= 0.6 is 11.6 Å². The molecule has 1 atom stereocenters. The molecule has 0 spiro atoms. The normalized spacial score (nSPS) is 15.0. The van der Waals surface area contributed by atoms with Gasteiger partial charge in [0.15, 0.2) is 0 Å². The molecule has 1 fully saturated rings. The quantitative estimate of drug-likeness (QED) is 0.365. The van der Waals surface area contributed by atoms with E-state index in [1.807, 2.05) is 4.90 Å². The lowest BCUT2D eigenvalue weighted by Gasteiger charge is -2.21. The van der Waals surface area contributed by atoms with Crippen molar-refractivity contribution in [2.45, 2.75) is 6.42 Å². The van der Waals surface area contributed by atoms with Crippen LogP contribution in [-0.4, -0.2) is 46.2 Å². The molecule has 1 saturated heterocycles. The number of benzene rings is 1. The Morgan fingerprint density at radius 1 is 1.18 bits per heavy atom. The first-order valence-corrected chi connectivity index (χ1v) is 11.7. The molecule has 0 saturated carbocycles. The van der Waals surface area contributed by atoms with E-state index in [1.165, 1.54) is 42.3 Å². The molecular formula is C25H19ClF2N6O4. The Kier molecular flexibility index (Phi) is 6.69. The molecule has 1 aromatic carbocycles. The third kappa shape index (κ3) is 4.31. The number of pyridine rings is 2. The van der Waals surface area contributed by atoms with Crippen LogP contribution in [0, 0.1) is 23.1 Å². The minimum atomic E-state index is -1.14. The highest BCUT2D eigenvalue weighted by molar-refractivity contribution is 6.30. The lowest BCUT2D eigenvalue weighted by Crippen LogP contribution is -2.39. The van der Waals surface area contributed by atoms with Crippen molar-refractivity contribution in [2.75, 3.05) is 32.0 Å². The summed E-state index contributed by atoms with van der Waals surface area (Å²) in [5.74, 6) is -0.570. The van der Waals surface area contributed by atoms with E-state index in [9.17, 15) is 23.6 Å². The summed E-state index contributed by atoms with van der Waals surface area (Å²) in [7, 11) is 1.33. The summed E-state index contributed by atoms with van der Waals surface area (Å²) >= 11 is 6.04. The lowest BCUT2D eigenvalue weighted by atomic mass is 10.1. The molecule has 0 amide bonds. The molecular weight excluding hydrogens is 522 g/mol. The van der Waals surface area contributed by atoms with E-state index in [4.69, 9.17) is 21.1 Å². The fraction of sp³-hybridized carbons (Fsp3) is 0.240. The second kappa shape index (κ2) is 10.1. The topological polar surface area (TPSA) is 115 Å². The van der Waals surface area contributed by atoms with Crippen LogP contribution < -0.4 is 25.6 Å². The van der Waals surface area contributed by atoms with Crippen molar-refractivity contribution >= 4 is 28.3 Å². The van der Waals surface area contributed by atoms with Gasteiger partial charge in [0.25, 0.3) is 5.56 Å². The first-order chi connectivity index (χ1) is 18.4. The molecule has 4 heterocycles. The smallest absolute Gasteiger partial charge is 0.340 e. The highest BCUT2D eigenvalue weighted by Crippen LogP contribution is 2.30. The molecule has 38 heavy (non-hydrogen) atoms. The number of nitriles is 1. The van der Waals surface area contributed by atoms with Crippen LogP contribution in [0.15, 0.2) is 52.3 Å². The Bertz CT molecular complexity index is 1720. The number of rotatable bonds is 6. The van der Waals surface area contributed by atoms with Gasteiger partial charge in [-0.25, -0.2) is 18.1 Å². The lowest BCUT2D eigenvalue weighted by molar-refractivity contribution is 0.191. The second-order valence-electron chi connectivity index (χ2n) is 8.43. The van der Waals surface area contributed by atoms with Crippen molar-refractivity contribution in [2.24, 2.45) is 5.92 Å². The van der Waals surface area contributed by atoms with E-state index < -0.39 is 23.9 Å². The van der Waals surface area contributed by atoms with Crippen molar-refractivity contribution < 1.29 is 18.3 Å². The number of aromatic nitrogens is 4. The molecule has 0 unspecified atom stereocenters. The molecule has 0 bridgehead atoms. The summed E-state index contributed by atoms with van der Waals surface area (Å²) in [6.45, 7) is -0.189. The number of alkyl halides is 1. The monoisotopic (exact) mass is 540 g/mol. The minimum Gasteiger partial charge on any atom is -0.480 e. The molecule has 5 rings (SSSR count). The van der Waals surface area contributed by atoms with Crippen LogP contribution in [-0.2, 0) is 0 Å². The van der Waals surface area contributed by atoms with Gasteiger partial charge in [0, 0.05) is 25.2 Å². The number of fused-ring (bicyclic) bond motifs is 1. The van der Waals surface area contributed by atoms with Crippen LogP contribution in [0.4, 0.5) is 14.6 Å². The van der Waals surface area contributed by atoms with Gasteiger partial charge in [-0.15, -0.1) is 0 Å². The fourth-order valence-electron chi connectivity index (χ4n) is 4.43. The van der Waals surface area contributed by atoms with Crippen molar-refractivity contribution in [3.63, 3.8) is 0 Å². The maximum Gasteiger partial charge on any atom is 0.340 e. The zero-order chi connectivity index (χ0) is 27.0. The fourth-order valence-corrected chi connectivity index (χ4v) is 4.61. The van der Waals surface area contributed by atoms with Crippen LogP contribution in [0.3, 0.4) is 0 Å². The van der Waals surface area contributed by atoms with Gasteiger partial charge in [-0.2, -0.15) is 10.2 Å². The van der Waals surface area contributed by atoms with Gasteiger partial charge in [-0.05, 0) is 24.6 Å². The van der Waals surface area contributed by atoms with Gasteiger partial charge in [-0.3, -0.25) is 14.3 Å². The van der Waals surface area contributed by atoms with Gasteiger partial charge in [0.2, 0.25) is 12.7 Å². The third-order valence-corrected chi connectivity index (χ3v) is 6.51. The average molecular weight is 541 g/mol. The van der Waals surface area contributed by atoms with E-state index >= 15 is 0 Å². The molecule has 1 aliphatic rings. The predicted octanol–water partition coefficient (Wildman–Crippen LogP) is 3.39. The van der Waals surface area contributed by atoms with Crippen LogP contribution in [0.1, 0.15) is 6.42 Å². The van der Waals surface area contributed by atoms with Crippen LogP contribution in [0.25, 0.3) is 22.3 Å². The number of hydrogen-bond donors (Lipinski definition) is 0.